The molecular weight excluding hydrogens is 574 g/mol. The number of rotatable bonds is 17. The number of esters is 2. The first-order valence-electron chi connectivity index (χ1n) is 13.8. The van der Waals surface area contributed by atoms with Crippen LogP contribution < -0.4 is 18.9 Å². The first-order valence-corrected chi connectivity index (χ1v) is 13.8. The number of nitrogens with zero attached hydrogens (tertiary/aromatic N) is 1. The molecule has 0 aliphatic rings. The summed E-state index contributed by atoms with van der Waals surface area (Å²) in [4.78, 5) is 49.3. The molecule has 12 nitrogen and oxygen atoms in total. The zero-order valence-corrected chi connectivity index (χ0v) is 25.0. The highest BCUT2D eigenvalue weighted by Crippen LogP contribution is 2.35. The third-order valence-corrected chi connectivity index (χ3v) is 6.65. The number of Topliss-reactive ketones (excluding diaryl/α,β-unsaturated/α-hetero) is 1. The van der Waals surface area contributed by atoms with Crippen LogP contribution in [0, 0.1) is 10.1 Å². The van der Waals surface area contributed by atoms with E-state index in [1.54, 1.807) is 48.5 Å². The molecule has 1 atom stereocenters. The lowest BCUT2D eigenvalue weighted by Crippen LogP contribution is -2.20. The number of methoxy groups -OCH3 is 4. The summed E-state index contributed by atoms with van der Waals surface area (Å²) in [5.41, 5.74) is 0.687. The molecule has 0 aliphatic carbocycles. The van der Waals surface area contributed by atoms with Crippen LogP contribution in [0.1, 0.15) is 59.7 Å². The van der Waals surface area contributed by atoms with Gasteiger partial charge >= 0.3 is 11.9 Å². The highest BCUT2D eigenvalue weighted by molar-refractivity contribution is 6.01. The molecule has 3 rings (SSSR count). The Bertz CT molecular complexity index is 1430. The summed E-state index contributed by atoms with van der Waals surface area (Å²) in [5, 5.41) is 11.4. The number of carbonyl (C=O) groups is 3. The number of ketones is 1. The highest BCUT2D eigenvalue weighted by Gasteiger charge is 2.27. The van der Waals surface area contributed by atoms with E-state index in [1.807, 2.05) is 0 Å². The van der Waals surface area contributed by atoms with E-state index >= 15 is 0 Å². The summed E-state index contributed by atoms with van der Waals surface area (Å²) in [6, 6.07) is 16.0. The Labute approximate surface area is 254 Å². The molecule has 1 unspecified atom stereocenters. The van der Waals surface area contributed by atoms with Crippen LogP contribution in [0.5, 0.6) is 23.0 Å². The molecule has 0 spiro atoms. The van der Waals surface area contributed by atoms with E-state index in [0.717, 1.165) is 0 Å². The monoisotopic (exact) mass is 609 g/mol. The van der Waals surface area contributed by atoms with E-state index in [9.17, 15) is 24.5 Å². The van der Waals surface area contributed by atoms with E-state index < -0.39 is 28.7 Å². The minimum absolute atomic E-state index is 0.0204. The number of ether oxygens (including phenoxy) is 6. The predicted octanol–water partition coefficient (Wildman–Crippen LogP) is 5.79. The van der Waals surface area contributed by atoms with Gasteiger partial charge in [-0.1, -0.05) is 36.8 Å². The molecule has 3 aromatic rings. The Morgan fingerprint density at radius 2 is 1.34 bits per heavy atom. The summed E-state index contributed by atoms with van der Waals surface area (Å²) in [6.07, 6.45) is 0.178. The number of carbonyl (C=O) groups excluding carboxylic acids is 3. The van der Waals surface area contributed by atoms with E-state index in [4.69, 9.17) is 28.4 Å². The van der Waals surface area contributed by atoms with E-state index in [1.165, 1.54) is 40.6 Å². The van der Waals surface area contributed by atoms with Crippen LogP contribution in [0.2, 0.25) is 0 Å². The van der Waals surface area contributed by atoms with Crippen LogP contribution in [0.25, 0.3) is 0 Å². The molecular formula is C32H35NO11. The summed E-state index contributed by atoms with van der Waals surface area (Å²) in [5.74, 6) is -0.183. The van der Waals surface area contributed by atoms with E-state index in [0.29, 0.717) is 41.9 Å². The molecule has 12 heteroatoms. The van der Waals surface area contributed by atoms with E-state index in [-0.39, 0.29) is 42.2 Å². The number of hydrogen-bond acceptors (Lipinski definition) is 11. The van der Waals surface area contributed by atoms with Crippen molar-refractivity contribution < 1.29 is 47.7 Å². The van der Waals surface area contributed by atoms with Crippen molar-refractivity contribution in [1.29, 1.82) is 0 Å². The molecule has 0 saturated carbocycles. The van der Waals surface area contributed by atoms with Crippen molar-refractivity contribution in [2.75, 3.05) is 28.4 Å². The normalized spacial score (nSPS) is 11.2. The Balaban J connectivity index is 1.54. The molecule has 0 aliphatic heterocycles. The van der Waals surface area contributed by atoms with Crippen molar-refractivity contribution in [2.24, 2.45) is 0 Å². The fourth-order valence-corrected chi connectivity index (χ4v) is 4.34. The van der Waals surface area contributed by atoms with Crippen molar-refractivity contribution in [1.82, 2.24) is 0 Å². The topological polar surface area (TPSA) is 150 Å². The van der Waals surface area contributed by atoms with Crippen LogP contribution in [0.3, 0.4) is 0 Å². The minimum atomic E-state index is -1.22. The Hall–Kier alpha value is -5.13. The molecule has 0 amide bonds. The standard InChI is InChI=1S/C32H35NO11/c1-39-24-15-22(16-25(18-24)40-2)32(31(36)21-11-7-5-8-12-21)44-30(35)14-10-6-9-13-29(34)43-20-23-17-27(41-3)28(42-4)19-26(23)33(37)38/h5,7-8,11-12,15-19,32H,6,9-10,13-14,20H2,1-4H3. The van der Waals surface area contributed by atoms with Gasteiger partial charge in [-0.2, -0.15) is 0 Å². The molecule has 0 radical (unpaired) electrons. The van der Waals surface area contributed by atoms with E-state index in [2.05, 4.69) is 0 Å². The minimum Gasteiger partial charge on any atom is -0.497 e. The fraction of sp³-hybridized carbons (Fsp3) is 0.344. The Kier molecular flexibility index (Phi) is 12.5. The molecule has 3 aromatic carbocycles. The number of benzene rings is 3. The largest absolute Gasteiger partial charge is 0.497 e. The van der Waals surface area contributed by atoms with Crippen LogP contribution in [-0.2, 0) is 25.7 Å². The summed E-state index contributed by atoms with van der Waals surface area (Å²) in [6.45, 7) is -0.312. The molecule has 234 valence electrons. The van der Waals surface area contributed by atoms with Gasteiger partial charge in [-0.25, -0.2) is 0 Å². The molecule has 0 aromatic heterocycles. The van der Waals surface area contributed by atoms with Gasteiger partial charge in [0.05, 0.1) is 45.0 Å². The number of unbranched alkanes of at least 4 members (excludes halogenated alkanes) is 2. The molecule has 0 bridgehead atoms. The fourth-order valence-electron chi connectivity index (χ4n) is 4.34. The van der Waals surface area contributed by atoms with Crippen LogP contribution in [0.15, 0.2) is 60.7 Å². The maximum Gasteiger partial charge on any atom is 0.306 e. The SMILES string of the molecule is COc1cc(OC)cc(C(OC(=O)CCCCCC(=O)OCc2cc(OC)c(OC)cc2[N+](=O)[O-])C(=O)c2ccccc2)c1. The Morgan fingerprint density at radius 3 is 1.91 bits per heavy atom. The lowest BCUT2D eigenvalue weighted by atomic mass is 9.99. The van der Waals surface area contributed by atoms with Crippen molar-refractivity contribution in [3.05, 3.63) is 87.5 Å². The summed E-state index contributed by atoms with van der Waals surface area (Å²) in [7, 11) is 5.72. The van der Waals surface area contributed by atoms with Gasteiger partial charge in [-0.3, -0.25) is 24.5 Å². The third kappa shape index (κ3) is 9.18. The molecule has 0 heterocycles. The van der Waals surface area contributed by atoms with Gasteiger partial charge in [0, 0.05) is 30.0 Å². The lowest BCUT2D eigenvalue weighted by Gasteiger charge is -2.19. The quantitative estimate of drug-likeness (QED) is 0.0601. The molecule has 0 fully saturated rings. The van der Waals surface area contributed by atoms with Crippen LogP contribution >= 0.6 is 0 Å². The first-order chi connectivity index (χ1) is 21.2. The van der Waals surface area contributed by atoms with Gasteiger partial charge in [-0.05, 0) is 31.0 Å². The van der Waals surface area contributed by atoms with Gasteiger partial charge in [0.25, 0.3) is 5.69 Å². The number of nitro groups is 1. The maximum atomic E-state index is 13.4. The van der Waals surface area contributed by atoms with Crippen molar-refractivity contribution in [3.63, 3.8) is 0 Å². The van der Waals surface area contributed by atoms with Gasteiger partial charge in [0.2, 0.25) is 5.78 Å². The van der Waals surface area contributed by atoms with Crippen LogP contribution in [0.4, 0.5) is 5.69 Å². The second-order valence-corrected chi connectivity index (χ2v) is 9.56. The average molecular weight is 610 g/mol. The second-order valence-electron chi connectivity index (χ2n) is 9.56. The van der Waals surface area contributed by atoms with Gasteiger partial charge in [0.1, 0.15) is 18.1 Å². The molecule has 0 saturated heterocycles. The predicted molar refractivity (Wildman–Crippen MR) is 158 cm³/mol. The first kappa shape index (κ1) is 33.4. The zero-order valence-electron chi connectivity index (χ0n) is 25.0. The third-order valence-electron chi connectivity index (χ3n) is 6.65. The molecule has 0 N–H and O–H groups in total. The summed E-state index contributed by atoms with van der Waals surface area (Å²) < 4.78 is 31.8. The molecule has 44 heavy (non-hydrogen) atoms. The Morgan fingerprint density at radius 1 is 0.750 bits per heavy atom. The smallest absolute Gasteiger partial charge is 0.306 e. The van der Waals surface area contributed by atoms with Crippen molar-refractivity contribution in [2.45, 2.75) is 44.8 Å². The van der Waals surface area contributed by atoms with Crippen molar-refractivity contribution >= 4 is 23.4 Å². The zero-order chi connectivity index (χ0) is 32.1. The maximum absolute atomic E-state index is 13.4. The average Bonchev–Trinajstić information content (AvgIpc) is 3.05. The number of hydrogen-bond donors (Lipinski definition) is 0. The van der Waals surface area contributed by atoms with Crippen LogP contribution in [-0.4, -0.2) is 51.1 Å². The van der Waals surface area contributed by atoms with Gasteiger partial charge in [0.15, 0.2) is 17.6 Å². The van der Waals surface area contributed by atoms with Gasteiger partial charge in [-0.15, -0.1) is 0 Å². The highest BCUT2D eigenvalue weighted by atomic mass is 16.6. The summed E-state index contributed by atoms with van der Waals surface area (Å²) >= 11 is 0. The number of nitro benzene ring substituents is 1. The van der Waals surface area contributed by atoms with Gasteiger partial charge < -0.3 is 28.4 Å². The second kappa shape index (κ2) is 16.5. The van der Waals surface area contributed by atoms with Crippen molar-refractivity contribution in [3.8, 4) is 23.0 Å². The lowest BCUT2D eigenvalue weighted by molar-refractivity contribution is -0.385.